The van der Waals surface area contributed by atoms with Crippen molar-refractivity contribution in [3.05, 3.63) is 0 Å². The van der Waals surface area contributed by atoms with E-state index < -0.39 is 5.97 Å². The molecule has 0 aliphatic heterocycles. The summed E-state index contributed by atoms with van der Waals surface area (Å²) in [6.45, 7) is 10.7. The maximum atomic E-state index is 10.5. The molecule has 0 saturated carbocycles. The van der Waals surface area contributed by atoms with E-state index in [2.05, 4.69) is 27.7 Å². The first kappa shape index (κ1) is 25.2. The summed E-state index contributed by atoms with van der Waals surface area (Å²) in [5.41, 5.74) is 0. The molecule has 0 fully saturated rings. The van der Waals surface area contributed by atoms with Crippen molar-refractivity contribution < 1.29 is 19.4 Å². The molecular formula is C20H40O4. The van der Waals surface area contributed by atoms with Crippen molar-refractivity contribution >= 4 is 11.9 Å². The molecule has 0 spiro atoms. The van der Waals surface area contributed by atoms with Crippen LogP contribution in [0.2, 0.25) is 0 Å². The van der Waals surface area contributed by atoms with E-state index in [1.54, 1.807) is 0 Å². The number of unbranched alkanes of at least 4 members (excludes halogenated alkanes) is 2. The van der Waals surface area contributed by atoms with Crippen molar-refractivity contribution in [2.45, 2.75) is 98.8 Å². The van der Waals surface area contributed by atoms with Crippen LogP contribution in [0.1, 0.15) is 98.8 Å². The molecule has 0 aromatic rings. The molecule has 0 bridgehead atoms. The number of aliphatic carboxylic acids is 1. The molecule has 0 aromatic heterocycles. The predicted octanol–water partition coefficient (Wildman–Crippen LogP) is 5.83. The zero-order chi connectivity index (χ0) is 18.8. The quantitative estimate of drug-likeness (QED) is 0.427. The summed E-state index contributed by atoms with van der Waals surface area (Å²) in [5, 5.41) is 8.48. The Balaban J connectivity index is 0. The van der Waals surface area contributed by atoms with E-state index >= 15 is 0 Å². The van der Waals surface area contributed by atoms with E-state index in [4.69, 9.17) is 9.84 Å². The molecular weight excluding hydrogens is 304 g/mol. The molecule has 4 nitrogen and oxygen atoms in total. The molecule has 2 atom stereocenters. The summed E-state index contributed by atoms with van der Waals surface area (Å²) in [5.74, 6) is 0.366. The zero-order valence-electron chi connectivity index (χ0n) is 16.6. The summed E-state index contributed by atoms with van der Waals surface area (Å²) in [6, 6.07) is 0. The highest BCUT2D eigenvalue weighted by Gasteiger charge is 2.08. The molecule has 0 aliphatic rings. The number of carbonyl (C=O) groups excluding carboxylic acids is 1. The van der Waals surface area contributed by atoms with Crippen LogP contribution < -0.4 is 0 Å². The van der Waals surface area contributed by atoms with Gasteiger partial charge in [0.05, 0.1) is 6.61 Å². The van der Waals surface area contributed by atoms with Crippen LogP contribution in [0.4, 0.5) is 0 Å². The van der Waals surface area contributed by atoms with Crippen molar-refractivity contribution in [2.75, 3.05) is 6.61 Å². The SMILES string of the molecule is CCCCC(CC)CCC(=O)O.CCCCC(CC)COC(C)=O. The third-order valence-electron chi connectivity index (χ3n) is 4.38. The number of carboxylic acids is 1. The monoisotopic (exact) mass is 344 g/mol. The number of hydrogen-bond donors (Lipinski definition) is 1. The van der Waals surface area contributed by atoms with Crippen molar-refractivity contribution in [1.82, 2.24) is 0 Å². The van der Waals surface area contributed by atoms with Gasteiger partial charge in [0.1, 0.15) is 0 Å². The predicted molar refractivity (Wildman–Crippen MR) is 100 cm³/mol. The van der Waals surface area contributed by atoms with Gasteiger partial charge in [-0.05, 0) is 24.7 Å². The van der Waals surface area contributed by atoms with E-state index in [0.717, 1.165) is 19.3 Å². The average Bonchev–Trinajstić information content (AvgIpc) is 2.55. The third-order valence-corrected chi connectivity index (χ3v) is 4.38. The van der Waals surface area contributed by atoms with E-state index in [9.17, 15) is 9.59 Å². The van der Waals surface area contributed by atoms with Gasteiger partial charge in [-0.15, -0.1) is 0 Å². The van der Waals surface area contributed by atoms with E-state index in [-0.39, 0.29) is 5.97 Å². The van der Waals surface area contributed by atoms with Gasteiger partial charge in [0, 0.05) is 13.3 Å². The normalized spacial score (nSPS) is 12.7. The number of carbonyl (C=O) groups is 2. The van der Waals surface area contributed by atoms with Crippen LogP contribution in [0.5, 0.6) is 0 Å². The van der Waals surface area contributed by atoms with Crippen molar-refractivity contribution in [3.8, 4) is 0 Å². The summed E-state index contributed by atoms with van der Waals surface area (Å²) >= 11 is 0. The van der Waals surface area contributed by atoms with Crippen molar-refractivity contribution in [1.29, 1.82) is 0 Å². The minimum atomic E-state index is -0.662. The first-order valence-corrected chi connectivity index (χ1v) is 9.76. The van der Waals surface area contributed by atoms with Gasteiger partial charge in [-0.25, -0.2) is 0 Å². The Morgan fingerprint density at radius 1 is 0.875 bits per heavy atom. The fourth-order valence-electron chi connectivity index (χ4n) is 2.51. The first-order valence-electron chi connectivity index (χ1n) is 9.76. The lowest BCUT2D eigenvalue weighted by atomic mass is 9.94. The number of rotatable bonds is 13. The Morgan fingerprint density at radius 2 is 1.38 bits per heavy atom. The number of hydrogen-bond acceptors (Lipinski definition) is 3. The van der Waals surface area contributed by atoms with Crippen LogP contribution in [0.25, 0.3) is 0 Å². The molecule has 1 N–H and O–H groups in total. The van der Waals surface area contributed by atoms with Gasteiger partial charge < -0.3 is 9.84 Å². The second-order valence-electron chi connectivity index (χ2n) is 6.57. The second-order valence-corrected chi connectivity index (χ2v) is 6.57. The van der Waals surface area contributed by atoms with Gasteiger partial charge in [0.2, 0.25) is 0 Å². The van der Waals surface area contributed by atoms with Gasteiger partial charge in [-0.1, -0.05) is 72.6 Å². The standard InChI is InChI=1S/2C10H20O2/c1-4-6-7-10(5-2)8-12-9(3)11;1-3-5-6-9(4-2)7-8-10(11)12/h10H,4-8H2,1-3H3;9H,3-8H2,1-2H3,(H,11,12). The lowest BCUT2D eigenvalue weighted by Crippen LogP contribution is -2.11. The van der Waals surface area contributed by atoms with Gasteiger partial charge in [0.25, 0.3) is 0 Å². The topological polar surface area (TPSA) is 63.6 Å². The molecule has 0 aliphatic carbocycles. The number of carboxylic acid groups (broad SMARTS) is 1. The third kappa shape index (κ3) is 19.0. The summed E-state index contributed by atoms with van der Waals surface area (Å²) in [7, 11) is 0. The molecule has 0 heterocycles. The molecule has 24 heavy (non-hydrogen) atoms. The lowest BCUT2D eigenvalue weighted by molar-refractivity contribution is -0.142. The maximum Gasteiger partial charge on any atom is 0.303 e. The van der Waals surface area contributed by atoms with Crippen LogP contribution in [-0.4, -0.2) is 23.7 Å². The molecule has 4 heteroatoms. The largest absolute Gasteiger partial charge is 0.481 e. The van der Waals surface area contributed by atoms with Crippen LogP contribution >= 0.6 is 0 Å². The second kappa shape index (κ2) is 18.3. The van der Waals surface area contributed by atoms with Gasteiger partial charge in [-0.3, -0.25) is 9.59 Å². The highest BCUT2D eigenvalue weighted by atomic mass is 16.5. The Hall–Kier alpha value is -1.06. The minimum Gasteiger partial charge on any atom is -0.481 e. The van der Waals surface area contributed by atoms with Crippen LogP contribution in [0.3, 0.4) is 0 Å². The van der Waals surface area contributed by atoms with Crippen molar-refractivity contribution in [2.24, 2.45) is 11.8 Å². The molecule has 0 aromatic carbocycles. The average molecular weight is 345 g/mol. The lowest BCUT2D eigenvalue weighted by Gasteiger charge is -2.13. The molecule has 144 valence electrons. The van der Waals surface area contributed by atoms with E-state index in [1.165, 1.54) is 45.4 Å². The van der Waals surface area contributed by atoms with Crippen LogP contribution in [0, 0.1) is 11.8 Å². The summed E-state index contributed by atoms with van der Waals surface area (Å²) in [4.78, 5) is 20.8. The highest BCUT2D eigenvalue weighted by molar-refractivity contribution is 5.66. The first-order chi connectivity index (χ1) is 11.4. The Bertz CT molecular complexity index is 272. The molecule has 0 amide bonds. The Kier molecular flexibility index (Phi) is 19.2. The van der Waals surface area contributed by atoms with E-state index in [0.29, 0.717) is 24.9 Å². The molecule has 0 radical (unpaired) electrons. The highest BCUT2D eigenvalue weighted by Crippen LogP contribution is 2.18. The molecule has 2 unspecified atom stereocenters. The van der Waals surface area contributed by atoms with Gasteiger partial charge in [0.15, 0.2) is 0 Å². The molecule has 0 rings (SSSR count). The fraction of sp³-hybridized carbons (Fsp3) is 0.900. The van der Waals surface area contributed by atoms with Gasteiger partial charge in [-0.2, -0.15) is 0 Å². The van der Waals surface area contributed by atoms with Crippen LogP contribution in [-0.2, 0) is 14.3 Å². The summed E-state index contributed by atoms with van der Waals surface area (Å²) < 4.78 is 4.95. The van der Waals surface area contributed by atoms with Crippen molar-refractivity contribution in [3.63, 3.8) is 0 Å². The Morgan fingerprint density at radius 3 is 1.75 bits per heavy atom. The fourth-order valence-corrected chi connectivity index (χ4v) is 2.51. The van der Waals surface area contributed by atoms with E-state index in [1.807, 2.05) is 0 Å². The Labute approximate surface area is 149 Å². The van der Waals surface area contributed by atoms with Gasteiger partial charge >= 0.3 is 11.9 Å². The number of esters is 1. The summed E-state index contributed by atoms with van der Waals surface area (Å²) in [6.07, 6.45) is 10.7. The number of ether oxygens (including phenoxy) is 1. The smallest absolute Gasteiger partial charge is 0.303 e. The molecule has 0 saturated heterocycles. The maximum absolute atomic E-state index is 10.5. The van der Waals surface area contributed by atoms with Crippen LogP contribution in [0.15, 0.2) is 0 Å². The zero-order valence-corrected chi connectivity index (χ0v) is 16.6. The minimum absolute atomic E-state index is 0.162.